The van der Waals surface area contributed by atoms with Crippen molar-refractivity contribution in [3.8, 4) is 0 Å². The van der Waals surface area contributed by atoms with Gasteiger partial charge in [0.25, 0.3) is 5.91 Å². The Labute approximate surface area is 115 Å². The number of hydrogen-bond donors (Lipinski definition) is 2. The second-order valence-electron chi connectivity index (χ2n) is 4.13. The fourth-order valence-corrected chi connectivity index (χ4v) is 1.61. The summed E-state index contributed by atoms with van der Waals surface area (Å²) in [5, 5.41) is 11.5. The lowest BCUT2D eigenvalue weighted by Gasteiger charge is -2.05. The number of aryl methyl sites for hydroxylation is 1. The third-order valence-electron chi connectivity index (χ3n) is 2.56. The van der Waals surface area contributed by atoms with Crippen LogP contribution in [0.15, 0.2) is 52.6 Å². The molecule has 0 spiro atoms. The number of carbonyl (C=O) groups excluding carboxylic acids is 1. The molecule has 0 radical (unpaired) electrons. The summed E-state index contributed by atoms with van der Waals surface area (Å²) in [7, 11) is 0. The van der Waals surface area contributed by atoms with E-state index in [0.29, 0.717) is 17.1 Å². The first kappa shape index (κ1) is 13.6. The third kappa shape index (κ3) is 3.35. The van der Waals surface area contributed by atoms with Crippen LogP contribution in [0.5, 0.6) is 0 Å². The Kier molecular flexibility index (Phi) is 4.00. The molecular weight excluding hydrogens is 258 g/mol. The highest BCUT2D eigenvalue weighted by atomic mass is 16.4. The summed E-state index contributed by atoms with van der Waals surface area (Å²) in [5.41, 5.74) is 0.142. The highest BCUT2D eigenvalue weighted by Gasteiger charge is 2.13. The van der Waals surface area contributed by atoms with Gasteiger partial charge in [-0.3, -0.25) is 4.79 Å². The van der Waals surface area contributed by atoms with Gasteiger partial charge in [-0.05, 0) is 31.2 Å². The largest absolute Gasteiger partial charge is 0.477 e. The van der Waals surface area contributed by atoms with Gasteiger partial charge in [-0.1, -0.05) is 18.2 Å². The van der Waals surface area contributed by atoms with Gasteiger partial charge in [0.05, 0.1) is 0 Å². The van der Waals surface area contributed by atoms with E-state index in [1.54, 1.807) is 49.4 Å². The summed E-state index contributed by atoms with van der Waals surface area (Å²) in [5.74, 6) is -0.686. The molecule has 0 fully saturated rings. The van der Waals surface area contributed by atoms with Crippen molar-refractivity contribution >= 4 is 18.0 Å². The summed E-state index contributed by atoms with van der Waals surface area (Å²) >= 11 is 0. The zero-order valence-electron chi connectivity index (χ0n) is 10.8. The van der Waals surface area contributed by atoms with Crippen molar-refractivity contribution in [1.82, 2.24) is 5.32 Å². The number of amides is 1. The Bertz CT molecular complexity index is 656. The average molecular weight is 271 g/mol. The number of carboxylic acid groups (broad SMARTS) is 1. The molecule has 1 heterocycles. The molecule has 1 aromatic heterocycles. The Morgan fingerprint density at radius 3 is 2.40 bits per heavy atom. The van der Waals surface area contributed by atoms with E-state index in [-0.39, 0.29) is 5.70 Å². The monoisotopic (exact) mass is 271 g/mol. The Balaban J connectivity index is 2.20. The molecule has 2 aromatic rings. The summed E-state index contributed by atoms with van der Waals surface area (Å²) in [6, 6.07) is 11.7. The van der Waals surface area contributed by atoms with Crippen molar-refractivity contribution in [2.24, 2.45) is 0 Å². The number of furan rings is 1. The standard InChI is InChI=1S/C15H13NO4/c1-10-7-8-12(20-10)9-13(15(18)19)16-14(17)11-5-3-2-4-6-11/h2-9H,1H3,(H,16,17)(H,18,19)/b13-9-. The highest BCUT2D eigenvalue weighted by Crippen LogP contribution is 2.11. The first-order valence-corrected chi connectivity index (χ1v) is 5.94. The minimum absolute atomic E-state index is 0.242. The van der Waals surface area contributed by atoms with E-state index >= 15 is 0 Å². The molecule has 0 unspecified atom stereocenters. The van der Waals surface area contributed by atoms with Crippen LogP contribution in [-0.4, -0.2) is 17.0 Å². The molecular formula is C15H13NO4. The van der Waals surface area contributed by atoms with Gasteiger partial charge < -0.3 is 14.8 Å². The molecule has 2 N–H and O–H groups in total. The fourth-order valence-electron chi connectivity index (χ4n) is 1.61. The first-order chi connectivity index (χ1) is 9.56. The fraction of sp³-hybridized carbons (Fsp3) is 0.0667. The molecule has 1 amide bonds. The number of carbonyl (C=O) groups is 2. The number of rotatable bonds is 4. The lowest BCUT2D eigenvalue weighted by atomic mass is 10.2. The average Bonchev–Trinajstić information content (AvgIpc) is 2.84. The normalized spacial score (nSPS) is 11.2. The molecule has 2 rings (SSSR count). The molecule has 0 bridgehead atoms. The quantitative estimate of drug-likeness (QED) is 0.837. The van der Waals surface area contributed by atoms with Crippen LogP contribution < -0.4 is 5.32 Å². The molecule has 0 saturated carbocycles. The SMILES string of the molecule is Cc1ccc(/C=C(\NC(=O)c2ccccc2)C(=O)O)o1. The van der Waals surface area contributed by atoms with Crippen molar-refractivity contribution < 1.29 is 19.1 Å². The molecule has 5 nitrogen and oxygen atoms in total. The van der Waals surface area contributed by atoms with Gasteiger partial charge in [-0.25, -0.2) is 4.79 Å². The van der Waals surface area contributed by atoms with Gasteiger partial charge >= 0.3 is 5.97 Å². The van der Waals surface area contributed by atoms with Crippen LogP contribution in [0.2, 0.25) is 0 Å². The highest BCUT2D eigenvalue weighted by molar-refractivity contribution is 6.02. The predicted octanol–water partition coefficient (Wildman–Crippen LogP) is 2.44. The zero-order chi connectivity index (χ0) is 14.5. The Morgan fingerprint density at radius 1 is 1.15 bits per heavy atom. The molecule has 20 heavy (non-hydrogen) atoms. The summed E-state index contributed by atoms with van der Waals surface area (Å²) in [6.07, 6.45) is 1.27. The maximum Gasteiger partial charge on any atom is 0.352 e. The molecule has 0 aliphatic carbocycles. The summed E-state index contributed by atoms with van der Waals surface area (Å²) in [4.78, 5) is 23.1. The zero-order valence-corrected chi connectivity index (χ0v) is 10.8. The minimum atomic E-state index is -1.23. The summed E-state index contributed by atoms with van der Waals surface area (Å²) < 4.78 is 5.26. The molecule has 0 saturated heterocycles. The first-order valence-electron chi connectivity index (χ1n) is 5.94. The van der Waals surface area contributed by atoms with E-state index < -0.39 is 11.9 Å². The smallest absolute Gasteiger partial charge is 0.352 e. The van der Waals surface area contributed by atoms with Crippen LogP contribution in [0.25, 0.3) is 6.08 Å². The van der Waals surface area contributed by atoms with Crippen LogP contribution in [0, 0.1) is 6.92 Å². The number of nitrogens with one attached hydrogen (secondary N) is 1. The molecule has 0 aliphatic heterocycles. The maximum atomic E-state index is 11.9. The maximum absolute atomic E-state index is 11.9. The van der Waals surface area contributed by atoms with Gasteiger partial charge in [0.15, 0.2) is 0 Å². The van der Waals surface area contributed by atoms with E-state index in [1.807, 2.05) is 0 Å². The molecule has 0 aliphatic rings. The Morgan fingerprint density at radius 2 is 1.85 bits per heavy atom. The van der Waals surface area contributed by atoms with Crippen LogP contribution in [0.1, 0.15) is 21.9 Å². The van der Waals surface area contributed by atoms with Crippen molar-refractivity contribution in [1.29, 1.82) is 0 Å². The van der Waals surface area contributed by atoms with Gasteiger partial charge in [-0.15, -0.1) is 0 Å². The van der Waals surface area contributed by atoms with Gasteiger partial charge in [-0.2, -0.15) is 0 Å². The van der Waals surface area contributed by atoms with E-state index in [0.717, 1.165) is 0 Å². The van der Waals surface area contributed by atoms with E-state index in [4.69, 9.17) is 9.52 Å². The van der Waals surface area contributed by atoms with Gasteiger partial charge in [0.2, 0.25) is 0 Å². The van der Waals surface area contributed by atoms with Gasteiger partial charge in [0.1, 0.15) is 17.2 Å². The van der Waals surface area contributed by atoms with Gasteiger partial charge in [0, 0.05) is 11.6 Å². The lowest BCUT2D eigenvalue weighted by molar-refractivity contribution is -0.132. The third-order valence-corrected chi connectivity index (χ3v) is 2.56. The molecule has 0 atom stereocenters. The Hall–Kier alpha value is -2.82. The summed E-state index contributed by atoms with van der Waals surface area (Å²) in [6.45, 7) is 1.75. The minimum Gasteiger partial charge on any atom is -0.477 e. The van der Waals surface area contributed by atoms with Crippen LogP contribution in [0.4, 0.5) is 0 Å². The van der Waals surface area contributed by atoms with Crippen molar-refractivity contribution in [3.63, 3.8) is 0 Å². The van der Waals surface area contributed by atoms with E-state index in [2.05, 4.69) is 5.32 Å². The molecule has 5 heteroatoms. The lowest BCUT2D eigenvalue weighted by Crippen LogP contribution is -2.27. The number of carboxylic acids is 1. The van der Waals surface area contributed by atoms with Crippen LogP contribution >= 0.6 is 0 Å². The number of benzene rings is 1. The van der Waals surface area contributed by atoms with Crippen LogP contribution in [0.3, 0.4) is 0 Å². The van der Waals surface area contributed by atoms with E-state index in [1.165, 1.54) is 6.08 Å². The van der Waals surface area contributed by atoms with Crippen molar-refractivity contribution in [2.75, 3.05) is 0 Å². The van der Waals surface area contributed by atoms with Crippen molar-refractivity contribution in [2.45, 2.75) is 6.92 Å². The second-order valence-corrected chi connectivity index (χ2v) is 4.13. The number of aliphatic carboxylic acids is 1. The van der Waals surface area contributed by atoms with Crippen molar-refractivity contribution in [3.05, 3.63) is 65.2 Å². The molecule has 102 valence electrons. The van der Waals surface area contributed by atoms with E-state index in [9.17, 15) is 9.59 Å². The second kappa shape index (κ2) is 5.88. The topological polar surface area (TPSA) is 79.5 Å². The number of hydrogen-bond acceptors (Lipinski definition) is 3. The predicted molar refractivity (Wildman–Crippen MR) is 73.0 cm³/mol. The molecule has 1 aromatic carbocycles. The van der Waals surface area contributed by atoms with Crippen LogP contribution in [-0.2, 0) is 4.79 Å².